The lowest BCUT2D eigenvalue weighted by Crippen LogP contribution is -2.57. The van der Waals surface area contributed by atoms with Crippen LogP contribution in [0.2, 0.25) is 0 Å². The number of benzene rings is 1. The molecular formula is C17H27NO3Si. The Hall–Kier alpha value is -1.19. The quantitative estimate of drug-likeness (QED) is 0.437. The molecule has 0 fully saturated rings. The third-order valence-electron chi connectivity index (χ3n) is 3.09. The Morgan fingerprint density at radius 2 is 1.50 bits per heavy atom. The maximum absolute atomic E-state index is 8.60. The molecule has 0 spiro atoms. The molecule has 0 bridgehead atoms. The Labute approximate surface area is 135 Å². The second-order valence-corrected chi connectivity index (χ2v) is 7.64. The summed E-state index contributed by atoms with van der Waals surface area (Å²) in [5.74, 6) is 0. The van der Waals surface area contributed by atoms with Crippen molar-refractivity contribution in [3.05, 3.63) is 30.3 Å². The highest BCUT2D eigenvalue weighted by molar-refractivity contribution is 6.75. The number of nitrogens with zero attached hydrogens (tertiary/aromatic N) is 1. The number of rotatable bonds is 12. The van der Waals surface area contributed by atoms with Gasteiger partial charge in [-0.15, -0.1) is 0 Å². The fourth-order valence-electron chi connectivity index (χ4n) is 2.00. The minimum Gasteiger partial charge on any atom is -0.370 e. The van der Waals surface area contributed by atoms with Gasteiger partial charge >= 0.3 is 8.80 Å². The van der Waals surface area contributed by atoms with Crippen molar-refractivity contribution in [1.29, 1.82) is 5.26 Å². The first-order chi connectivity index (χ1) is 10.8. The minimum atomic E-state index is -2.86. The van der Waals surface area contributed by atoms with Crippen LogP contribution >= 0.6 is 0 Å². The molecule has 22 heavy (non-hydrogen) atoms. The molecule has 122 valence electrons. The van der Waals surface area contributed by atoms with E-state index >= 15 is 0 Å². The van der Waals surface area contributed by atoms with Gasteiger partial charge < -0.3 is 13.3 Å². The molecule has 0 radical (unpaired) electrons. The molecule has 0 N–H and O–H groups in total. The molecule has 0 aliphatic rings. The predicted octanol–water partition coefficient (Wildman–Crippen LogP) is 3.40. The van der Waals surface area contributed by atoms with Crippen molar-refractivity contribution in [3.63, 3.8) is 0 Å². The largest absolute Gasteiger partial charge is 0.537 e. The third kappa shape index (κ3) is 6.28. The van der Waals surface area contributed by atoms with Gasteiger partial charge in [0, 0.05) is 31.4 Å². The van der Waals surface area contributed by atoms with E-state index in [0.29, 0.717) is 26.2 Å². The van der Waals surface area contributed by atoms with Crippen LogP contribution in [-0.2, 0) is 13.3 Å². The van der Waals surface area contributed by atoms with Crippen LogP contribution in [0.4, 0.5) is 0 Å². The molecule has 0 unspecified atom stereocenters. The fourth-order valence-corrected chi connectivity index (χ4v) is 4.71. The molecule has 0 atom stereocenters. The van der Waals surface area contributed by atoms with Crippen molar-refractivity contribution in [2.45, 2.75) is 46.0 Å². The van der Waals surface area contributed by atoms with Gasteiger partial charge in [0.25, 0.3) is 0 Å². The van der Waals surface area contributed by atoms with Crippen molar-refractivity contribution in [1.82, 2.24) is 0 Å². The van der Waals surface area contributed by atoms with E-state index in [9.17, 15) is 0 Å². The van der Waals surface area contributed by atoms with Gasteiger partial charge in [-0.2, -0.15) is 5.26 Å². The zero-order chi connectivity index (χ0) is 16.1. The maximum atomic E-state index is 8.60. The van der Waals surface area contributed by atoms with Crippen LogP contribution in [0.15, 0.2) is 30.3 Å². The van der Waals surface area contributed by atoms with Crippen LogP contribution in [0.3, 0.4) is 0 Å². The van der Waals surface area contributed by atoms with E-state index in [1.54, 1.807) is 0 Å². The summed E-state index contributed by atoms with van der Waals surface area (Å²) in [6.07, 6.45) is 4.11. The number of nitriles is 1. The molecule has 0 aliphatic carbocycles. The Balaban J connectivity index is 2.81. The summed E-state index contributed by atoms with van der Waals surface area (Å²) < 4.78 is 18.4. The third-order valence-corrected chi connectivity index (χ3v) is 5.89. The van der Waals surface area contributed by atoms with Crippen LogP contribution in [-0.4, -0.2) is 28.6 Å². The molecule has 0 saturated carbocycles. The zero-order valence-electron chi connectivity index (χ0n) is 13.7. The number of unbranched alkanes of at least 4 members (excludes halogenated alkanes) is 2. The lowest BCUT2D eigenvalue weighted by atomic mass is 10.3. The highest BCUT2D eigenvalue weighted by atomic mass is 28.4. The summed E-state index contributed by atoms with van der Waals surface area (Å²) in [5.41, 5.74) is 0. The van der Waals surface area contributed by atoms with E-state index in [1.165, 1.54) is 0 Å². The van der Waals surface area contributed by atoms with Crippen molar-refractivity contribution >= 4 is 14.0 Å². The zero-order valence-corrected chi connectivity index (χ0v) is 14.7. The van der Waals surface area contributed by atoms with Crippen LogP contribution in [0.1, 0.15) is 46.0 Å². The fraction of sp³-hybridized carbons (Fsp3) is 0.588. The summed E-state index contributed by atoms with van der Waals surface area (Å²) in [4.78, 5) is 0. The topological polar surface area (TPSA) is 51.5 Å². The van der Waals surface area contributed by atoms with Gasteiger partial charge in [0.2, 0.25) is 0 Å². The van der Waals surface area contributed by atoms with E-state index in [4.69, 9.17) is 18.5 Å². The minimum absolute atomic E-state index is 0.564. The van der Waals surface area contributed by atoms with E-state index in [1.807, 2.05) is 30.3 Å². The molecule has 0 amide bonds. The average Bonchev–Trinajstić information content (AvgIpc) is 2.57. The molecule has 1 aromatic carbocycles. The Kier molecular flexibility index (Phi) is 9.76. The van der Waals surface area contributed by atoms with Crippen LogP contribution in [0, 0.1) is 11.3 Å². The molecule has 0 aliphatic heterocycles. The van der Waals surface area contributed by atoms with E-state index < -0.39 is 8.80 Å². The standard InChI is InChI=1S/C17H27NO3Si/c1-3-14-19-22(20-15-4-2,17-11-7-5-8-12-17)21-16-10-6-9-13-18/h5,7-8,11-12H,3-4,6,9-10,14-16H2,1-2H3. The molecule has 5 heteroatoms. The van der Waals surface area contributed by atoms with Gasteiger partial charge in [-0.1, -0.05) is 44.2 Å². The predicted molar refractivity (Wildman–Crippen MR) is 89.7 cm³/mol. The lowest BCUT2D eigenvalue weighted by molar-refractivity contribution is 0.0719. The lowest BCUT2D eigenvalue weighted by Gasteiger charge is -2.29. The van der Waals surface area contributed by atoms with Gasteiger partial charge in [0.15, 0.2) is 0 Å². The number of hydrogen-bond acceptors (Lipinski definition) is 4. The van der Waals surface area contributed by atoms with E-state index in [0.717, 1.165) is 30.9 Å². The molecule has 0 aromatic heterocycles. The molecule has 1 rings (SSSR count). The highest BCUT2D eigenvalue weighted by Crippen LogP contribution is 2.13. The molecular weight excluding hydrogens is 294 g/mol. The SMILES string of the molecule is CCCO[Si](OCCC)(OCCCCC#N)c1ccccc1. The van der Waals surface area contributed by atoms with E-state index in [-0.39, 0.29) is 0 Å². The van der Waals surface area contributed by atoms with Crippen LogP contribution < -0.4 is 5.19 Å². The Morgan fingerprint density at radius 3 is 2.05 bits per heavy atom. The van der Waals surface area contributed by atoms with Crippen molar-refractivity contribution < 1.29 is 13.3 Å². The highest BCUT2D eigenvalue weighted by Gasteiger charge is 2.43. The first-order valence-electron chi connectivity index (χ1n) is 8.13. The van der Waals surface area contributed by atoms with Crippen molar-refractivity contribution in [3.8, 4) is 6.07 Å². The summed E-state index contributed by atoms with van der Waals surface area (Å²) in [6, 6.07) is 12.2. The normalized spacial score (nSPS) is 11.3. The second-order valence-electron chi connectivity index (χ2n) is 5.08. The first-order valence-corrected chi connectivity index (χ1v) is 9.86. The van der Waals surface area contributed by atoms with Crippen molar-refractivity contribution in [2.24, 2.45) is 0 Å². The summed E-state index contributed by atoms with van der Waals surface area (Å²) >= 11 is 0. The van der Waals surface area contributed by atoms with Gasteiger partial charge in [-0.3, -0.25) is 0 Å². The number of hydrogen-bond donors (Lipinski definition) is 0. The molecule has 1 aromatic rings. The average molecular weight is 321 g/mol. The summed E-state index contributed by atoms with van der Waals surface area (Å²) in [5, 5.41) is 9.62. The Bertz CT molecular complexity index is 425. The Morgan fingerprint density at radius 1 is 0.909 bits per heavy atom. The maximum Gasteiger partial charge on any atom is 0.537 e. The van der Waals surface area contributed by atoms with Gasteiger partial charge in [0.05, 0.1) is 6.07 Å². The van der Waals surface area contributed by atoms with Gasteiger partial charge in [-0.25, -0.2) is 0 Å². The van der Waals surface area contributed by atoms with Gasteiger partial charge in [0.1, 0.15) is 0 Å². The van der Waals surface area contributed by atoms with Crippen LogP contribution in [0.5, 0.6) is 0 Å². The first kappa shape index (κ1) is 18.9. The second kappa shape index (κ2) is 11.4. The molecule has 4 nitrogen and oxygen atoms in total. The van der Waals surface area contributed by atoms with Crippen molar-refractivity contribution in [2.75, 3.05) is 19.8 Å². The van der Waals surface area contributed by atoms with Gasteiger partial charge in [-0.05, 0) is 25.7 Å². The smallest absolute Gasteiger partial charge is 0.370 e. The van der Waals surface area contributed by atoms with Crippen LogP contribution in [0.25, 0.3) is 0 Å². The molecule has 0 heterocycles. The summed E-state index contributed by atoms with van der Waals surface area (Å²) in [7, 11) is -2.86. The van der Waals surface area contributed by atoms with E-state index in [2.05, 4.69) is 19.9 Å². The molecule has 0 saturated heterocycles. The summed E-state index contributed by atoms with van der Waals surface area (Å²) in [6.45, 7) is 5.98. The monoisotopic (exact) mass is 321 g/mol.